The average Bonchev–Trinajstić information content (AvgIpc) is 3.03. The molecule has 0 bridgehead atoms. The highest BCUT2D eigenvalue weighted by Crippen LogP contribution is 2.59. The smallest absolute Gasteiger partial charge is 0.308 e. The molecule has 2 aliphatic carbocycles. The number of fused-ring (bicyclic) bond motifs is 1. The van der Waals surface area contributed by atoms with Gasteiger partial charge in [-0.05, 0) is 61.8 Å². The minimum absolute atomic E-state index is 0.0553. The van der Waals surface area contributed by atoms with Gasteiger partial charge in [-0.2, -0.15) is 0 Å². The SMILES string of the molecule is CC(=O)Oc1cc2c3c(c1OC(C)=O)C1(CCCC1)CCC3N(C)CC2. The monoisotopic (exact) mass is 357 g/mol. The maximum absolute atomic E-state index is 11.9. The molecule has 5 heteroatoms. The summed E-state index contributed by atoms with van der Waals surface area (Å²) in [4.78, 5) is 26.0. The van der Waals surface area contributed by atoms with Crippen molar-refractivity contribution in [2.45, 2.75) is 70.3 Å². The molecule has 4 rings (SSSR count). The van der Waals surface area contributed by atoms with Crippen LogP contribution in [0.25, 0.3) is 0 Å². The first-order valence-corrected chi connectivity index (χ1v) is 9.68. The first-order valence-electron chi connectivity index (χ1n) is 9.68. The zero-order valence-corrected chi connectivity index (χ0v) is 15.9. The third-order valence-corrected chi connectivity index (χ3v) is 6.46. The van der Waals surface area contributed by atoms with Crippen molar-refractivity contribution < 1.29 is 19.1 Å². The van der Waals surface area contributed by atoms with E-state index in [1.807, 2.05) is 6.07 Å². The number of likely N-dealkylation sites (N-methyl/N-ethyl adjacent to an activating group) is 1. The summed E-state index contributed by atoms with van der Waals surface area (Å²) in [5.41, 5.74) is 3.79. The number of esters is 2. The second kappa shape index (κ2) is 6.38. The molecule has 1 fully saturated rings. The normalized spacial score (nSPS) is 23.6. The molecule has 0 radical (unpaired) electrons. The van der Waals surface area contributed by atoms with E-state index in [4.69, 9.17) is 9.47 Å². The lowest BCUT2D eigenvalue weighted by molar-refractivity contribution is -0.134. The van der Waals surface area contributed by atoms with Crippen molar-refractivity contribution in [1.29, 1.82) is 0 Å². The van der Waals surface area contributed by atoms with E-state index < -0.39 is 0 Å². The Bertz CT molecular complexity index is 764. The quantitative estimate of drug-likeness (QED) is 0.597. The van der Waals surface area contributed by atoms with Crippen molar-refractivity contribution in [3.05, 3.63) is 22.8 Å². The van der Waals surface area contributed by atoms with Crippen LogP contribution in [0.2, 0.25) is 0 Å². The third-order valence-electron chi connectivity index (χ3n) is 6.46. The van der Waals surface area contributed by atoms with E-state index in [9.17, 15) is 9.59 Å². The molecule has 5 nitrogen and oxygen atoms in total. The van der Waals surface area contributed by atoms with Crippen molar-refractivity contribution in [1.82, 2.24) is 4.90 Å². The van der Waals surface area contributed by atoms with Crippen molar-refractivity contribution >= 4 is 11.9 Å². The molecular formula is C21H27NO4. The summed E-state index contributed by atoms with van der Waals surface area (Å²) < 4.78 is 11.2. The number of nitrogens with zero attached hydrogens (tertiary/aromatic N) is 1. The van der Waals surface area contributed by atoms with Gasteiger partial charge >= 0.3 is 11.9 Å². The van der Waals surface area contributed by atoms with Gasteiger partial charge in [-0.15, -0.1) is 0 Å². The van der Waals surface area contributed by atoms with Crippen molar-refractivity contribution in [2.24, 2.45) is 0 Å². The van der Waals surface area contributed by atoms with E-state index in [1.165, 1.54) is 37.8 Å². The first kappa shape index (κ1) is 17.5. The van der Waals surface area contributed by atoms with Crippen LogP contribution in [0.5, 0.6) is 11.5 Å². The van der Waals surface area contributed by atoms with Gasteiger partial charge in [0.15, 0.2) is 11.5 Å². The molecule has 0 aromatic heterocycles. The summed E-state index contributed by atoms with van der Waals surface area (Å²) in [5, 5.41) is 0. The molecule has 26 heavy (non-hydrogen) atoms. The topological polar surface area (TPSA) is 55.8 Å². The lowest BCUT2D eigenvalue weighted by Crippen LogP contribution is -2.40. The standard InChI is InChI=1S/C21H27NO4/c1-13(23)25-17-12-15-7-11-22(3)16-6-10-21(8-4-5-9-21)19(18(15)16)20(17)26-14(2)24/h12,16H,4-11H2,1-3H3. The summed E-state index contributed by atoms with van der Waals surface area (Å²) in [6.45, 7) is 3.80. The van der Waals surface area contributed by atoms with Crippen LogP contribution in [0, 0.1) is 0 Å². The number of benzene rings is 1. The number of hydrogen-bond donors (Lipinski definition) is 0. The second-order valence-corrected chi connectivity index (χ2v) is 8.11. The van der Waals surface area contributed by atoms with Crippen molar-refractivity contribution in [2.75, 3.05) is 13.6 Å². The Labute approximate surface area is 154 Å². The van der Waals surface area contributed by atoms with Crippen LogP contribution in [0.4, 0.5) is 0 Å². The van der Waals surface area contributed by atoms with Crippen LogP contribution in [-0.4, -0.2) is 30.4 Å². The molecular weight excluding hydrogens is 330 g/mol. The molecule has 1 aliphatic heterocycles. The van der Waals surface area contributed by atoms with Gasteiger partial charge in [0.05, 0.1) is 0 Å². The van der Waals surface area contributed by atoms with E-state index in [-0.39, 0.29) is 17.4 Å². The number of rotatable bonds is 2. The molecule has 1 unspecified atom stereocenters. The summed E-state index contributed by atoms with van der Waals surface area (Å²) in [6.07, 6.45) is 7.82. The zero-order chi connectivity index (χ0) is 18.5. The lowest BCUT2D eigenvalue weighted by Gasteiger charge is -2.46. The Kier molecular flexibility index (Phi) is 4.30. The van der Waals surface area contributed by atoms with Crippen LogP contribution in [0.1, 0.15) is 75.1 Å². The second-order valence-electron chi connectivity index (χ2n) is 8.11. The Morgan fingerprint density at radius 3 is 2.46 bits per heavy atom. The van der Waals surface area contributed by atoms with Gasteiger partial charge in [0, 0.05) is 32.0 Å². The maximum atomic E-state index is 11.9. The molecule has 1 aromatic carbocycles. The molecule has 1 heterocycles. The van der Waals surface area contributed by atoms with Crippen LogP contribution >= 0.6 is 0 Å². The number of ether oxygens (including phenoxy) is 2. The Morgan fingerprint density at radius 1 is 1.12 bits per heavy atom. The molecule has 0 saturated heterocycles. The molecule has 1 saturated carbocycles. The third kappa shape index (κ3) is 2.73. The Balaban J connectivity index is 1.99. The largest absolute Gasteiger partial charge is 0.423 e. The minimum atomic E-state index is -0.383. The van der Waals surface area contributed by atoms with Crippen LogP contribution in [0.15, 0.2) is 6.07 Å². The number of carbonyl (C=O) groups is 2. The number of hydrogen-bond acceptors (Lipinski definition) is 5. The molecule has 1 spiro atoms. The molecule has 140 valence electrons. The number of carbonyl (C=O) groups excluding carboxylic acids is 2. The Morgan fingerprint density at radius 2 is 1.81 bits per heavy atom. The van der Waals surface area contributed by atoms with Gasteiger partial charge < -0.3 is 9.47 Å². The minimum Gasteiger partial charge on any atom is -0.423 e. The fourth-order valence-electron chi connectivity index (χ4n) is 5.42. The molecule has 3 aliphatic rings. The van der Waals surface area contributed by atoms with Gasteiger partial charge in [-0.1, -0.05) is 12.8 Å². The molecule has 0 N–H and O–H groups in total. The van der Waals surface area contributed by atoms with E-state index in [0.717, 1.165) is 44.2 Å². The van der Waals surface area contributed by atoms with Crippen molar-refractivity contribution in [3.63, 3.8) is 0 Å². The average molecular weight is 357 g/mol. The predicted molar refractivity (Wildman–Crippen MR) is 97.5 cm³/mol. The van der Waals surface area contributed by atoms with Crippen LogP contribution in [-0.2, 0) is 21.4 Å². The Hall–Kier alpha value is -1.88. The van der Waals surface area contributed by atoms with E-state index in [2.05, 4.69) is 11.9 Å². The highest BCUT2D eigenvalue weighted by Gasteiger charge is 2.47. The highest BCUT2D eigenvalue weighted by atomic mass is 16.6. The van der Waals surface area contributed by atoms with E-state index >= 15 is 0 Å². The fraction of sp³-hybridized carbons (Fsp3) is 0.619. The van der Waals surface area contributed by atoms with Gasteiger partial charge in [0.1, 0.15) is 0 Å². The zero-order valence-electron chi connectivity index (χ0n) is 15.9. The molecule has 1 aromatic rings. The van der Waals surface area contributed by atoms with E-state index in [1.54, 1.807) is 0 Å². The molecule has 0 amide bonds. The van der Waals surface area contributed by atoms with Crippen LogP contribution in [0.3, 0.4) is 0 Å². The lowest BCUT2D eigenvalue weighted by atomic mass is 9.64. The van der Waals surface area contributed by atoms with Gasteiger partial charge in [0.25, 0.3) is 0 Å². The molecule has 1 atom stereocenters. The van der Waals surface area contributed by atoms with Gasteiger partial charge in [0.2, 0.25) is 0 Å². The summed E-state index contributed by atoms with van der Waals surface area (Å²) in [6, 6.07) is 2.30. The summed E-state index contributed by atoms with van der Waals surface area (Å²) in [7, 11) is 2.18. The summed E-state index contributed by atoms with van der Waals surface area (Å²) >= 11 is 0. The van der Waals surface area contributed by atoms with Gasteiger partial charge in [-0.3, -0.25) is 14.5 Å². The van der Waals surface area contributed by atoms with Crippen LogP contribution < -0.4 is 9.47 Å². The maximum Gasteiger partial charge on any atom is 0.308 e. The first-order chi connectivity index (χ1) is 12.4. The highest BCUT2D eigenvalue weighted by molar-refractivity contribution is 5.76. The van der Waals surface area contributed by atoms with E-state index in [0.29, 0.717) is 17.5 Å². The predicted octanol–water partition coefficient (Wildman–Crippen LogP) is 3.67. The van der Waals surface area contributed by atoms with Gasteiger partial charge in [-0.25, -0.2) is 0 Å². The van der Waals surface area contributed by atoms with Crippen molar-refractivity contribution in [3.8, 4) is 11.5 Å². The fourth-order valence-corrected chi connectivity index (χ4v) is 5.42. The summed E-state index contributed by atoms with van der Waals surface area (Å²) in [5.74, 6) is 0.159.